The van der Waals surface area contributed by atoms with Gasteiger partial charge in [0.1, 0.15) is 33.7 Å². The quantitative estimate of drug-likeness (QED) is 0.0451. The molecule has 0 saturated heterocycles. The lowest BCUT2D eigenvalue weighted by molar-refractivity contribution is 0.0322. The number of aromatic nitrogens is 2. The van der Waals surface area contributed by atoms with Crippen LogP contribution in [0.4, 0.5) is 8.78 Å². The van der Waals surface area contributed by atoms with Crippen molar-refractivity contribution in [2.45, 2.75) is 223 Å². The normalized spacial score (nSPS) is 18.7. The SMILES string of the molecule is CC(C)CCCC(C)CCC1(CCC(C)CCCC(C)C)Oc2cc(Br)sc2-c2sc(-c3c(F)c(F)c(-c4cc5c(s4)-c4sc(Br)cc4OC5(CCC(C)CCCC(C)C)CCC(C)CCCC(C)C)c4nsnc34)cc21. The van der Waals surface area contributed by atoms with Gasteiger partial charge in [0.25, 0.3) is 0 Å². The highest BCUT2D eigenvalue weighted by Gasteiger charge is 2.46. The van der Waals surface area contributed by atoms with E-state index in [0.717, 1.165) is 113 Å². The predicted octanol–water partition coefficient (Wildman–Crippen LogP) is 24.6. The number of ether oxygens (including phenoxy) is 2. The van der Waals surface area contributed by atoms with E-state index in [9.17, 15) is 0 Å². The van der Waals surface area contributed by atoms with Crippen molar-refractivity contribution in [3.05, 3.63) is 54.6 Å². The maximum atomic E-state index is 17.9. The van der Waals surface area contributed by atoms with Gasteiger partial charge in [-0.25, -0.2) is 8.78 Å². The fraction of sp³-hybridized carbons (Fsp3) is 0.656. The first-order chi connectivity index (χ1) is 36.7. The molecule has 0 N–H and O–H groups in total. The van der Waals surface area contributed by atoms with Crippen molar-refractivity contribution in [1.82, 2.24) is 8.75 Å². The van der Waals surface area contributed by atoms with E-state index in [1.165, 1.54) is 77.0 Å². The molecular weight excluding hydrogens is 1190 g/mol. The zero-order chi connectivity index (χ0) is 55.3. The maximum absolute atomic E-state index is 17.9. The van der Waals surface area contributed by atoms with Crippen molar-refractivity contribution in [2.24, 2.45) is 47.3 Å². The molecular formula is C64H88Br2F2N2O2S5. The first-order valence-electron chi connectivity index (χ1n) is 29.6. The number of benzene rings is 1. The second kappa shape index (κ2) is 27.1. The lowest BCUT2D eigenvalue weighted by Gasteiger charge is -2.39. The zero-order valence-electron chi connectivity index (χ0n) is 48.3. The monoisotopic (exact) mass is 1270 g/mol. The second-order valence-corrected chi connectivity index (χ2v) is 33.1. The van der Waals surface area contributed by atoms with E-state index < -0.39 is 22.8 Å². The molecule has 0 fully saturated rings. The van der Waals surface area contributed by atoms with Crippen molar-refractivity contribution in [3.63, 3.8) is 0 Å². The third-order valence-electron chi connectivity index (χ3n) is 17.0. The molecule has 0 saturated carbocycles. The zero-order valence-corrected chi connectivity index (χ0v) is 55.6. The van der Waals surface area contributed by atoms with Crippen LogP contribution in [0, 0.1) is 59.0 Å². The van der Waals surface area contributed by atoms with Crippen LogP contribution in [0.2, 0.25) is 0 Å². The summed E-state index contributed by atoms with van der Waals surface area (Å²) in [6.07, 6.45) is 22.1. The molecule has 0 radical (unpaired) electrons. The van der Waals surface area contributed by atoms with E-state index >= 15 is 8.78 Å². The van der Waals surface area contributed by atoms with Gasteiger partial charge in [-0.1, -0.05) is 160 Å². The summed E-state index contributed by atoms with van der Waals surface area (Å²) in [4.78, 5) is 5.63. The largest absolute Gasteiger partial charge is 0.481 e. The summed E-state index contributed by atoms with van der Waals surface area (Å²) in [5, 5.41) is 0. The van der Waals surface area contributed by atoms with Crippen LogP contribution in [-0.4, -0.2) is 8.75 Å². The molecule has 4 unspecified atom stereocenters. The van der Waals surface area contributed by atoms with Crippen molar-refractivity contribution in [3.8, 4) is 51.9 Å². The summed E-state index contributed by atoms with van der Waals surface area (Å²) in [6, 6.07) is 8.54. The minimum absolute atomic E-state index is 0.200. The molecule has 2 aliphatic rings. The van der Waals surface area contributed by atoms with Gasteiger partial charge in [-0.3, -0.25) is 0 Å². The summed E-state index contributed by atoms with van der Waals surface area (Å²) in [6.45, 7) is 28.1. The Morgan fingerprint density at radius 2 is 0.740 bits per heavy atom. The Hall–Kier alpha value is -1.74. The standard InChI is InChI=1S/C64H88Br2F2N2O2S5/c1-37(2)17-13-21-41(9)25-29-63(30-26-42(10)22-14-18-38(3)4)45-33-49(73-59(45)61-47(71-63)35-51(65)75-61)53-55(67)56(68)54(58-57(53)69-77-70-58)50-34-46-60(74-50)62-48(36-52(66)76-62)72-64(46,31-27-43(11)23-15-19-39(5)6)32-28-44(12)24-16-20-40(7)8/h33-44H,13-32H2,1-12H3. The summed E-state index contributed by atoms with van der Waals surface area (Å²) >= 11 is 15.1. The fourth-order valence-electron chi connectivity index (χ4n) is 12.1. The Morgan fingerprint density at radius 1 is 0.429 bits per heavy atom. The number of rotatable bonds is 30. The second-order valence-electron chi connectivity index (χ2n) is 25.6. The molecule has 0 bridgehead atoms. The smallest absolute Gasteiger partial charge is 0.170 e. The molecule has 6 aromatic rings. The average molecular weight is 1280 g/mol. The van der Waals surface area contributed by atoms with Crippen LogP contribution in [0.5, 0.6) is 11.5 Å². The van der Waals surface area contributed by atoms with Gasteiger partial charge < -0.3 is 9.47 Å². The van der Waals surface area contributed by atoms with Crippen molar-refractivity contribution < 1.29 is 18.3 Å². The third-order valence-corrected chi connectivity index (χ3v) is 23.4. The molecule has 0 amide bonds. The molecule has 8 rings (SSSR count). The highest BCUT2D eigenvalue weighted by atomic mass is 79.9. The molecule has 1 aromatic carbocycles. The van der Waals surface area contributed by atoms with Crippen LogP contribution in [-0.2, 0) is 11.2 Å². The van der Waals surface area contributed by atoms with Crippen molar-refractivity contribution in [2.75, 3.05) is 0 Å². The fourth-order valence-corrected chi connectivity index (χ4v) is 18.6. The molecule has 2 aliphatic heterocycles. The number of hydrogen-bond donors (Lipinski definition) is 0. The Balaban J connectivity index is 1.20. The van der Waals surface area contributed by atoms with Crippen LogP contribution >= 0.6 is 88.9 Å². The average Bonchev–Trinajstić information content (AvgIpc) is 4.25. The van der Waals surface area contributed by atoms with Gasteiger partial charge in [-0.05, 0) is 143 Å². The number of hydrogen-bond acceptors (Lipinski definition) is 9. The molecule has 0 aliphatic carbocycles. The molecule has 4 atom stereocenters. The Kier molecular flexibility index (Phi) is 21.6. The Labute approximate surface area is 499 Å². The van der Waals surface area contributed by atoms with E-state index in [1.54, 1.807) is 45.3 Å². The van der Waals surface area contributed by atoms with Crippen LogP contribution < -0.4 is 9.47 Å². The minimum atomic E-state index is -0.866. The maximum Gasteiger partial charge on any atom is 0.170 e. The lowest BCUT2D eigenvalue weighted by Crippen LogP contribution is -2.36. The van der Waals surface area contributed by atoms with Crippen LogP contribution in [0.1, 0.15) is 223 Å². The highest BCUT2D eigenvalue weighted by molar-refractivity contribution is 9.11. The van der Waals surface area contributed by atoms with E-state index in [1.807, 2.05) is 0 Å². The lowest BCUT2D eigenvalue weighted by atomic mass is 9.78. The van der Waals surface area contributed by atoms with Crippen LogP contribution in [0.25, 0.3) is 51.4 Å². The highest BCUT2D eigenvalue weighted by Crippen LogP contribution is 2.61. The Morgan fingerprint density at radius 3 is 1.04 bits per heavy atom. The third kappa shape index (κ3) is 14.7. The first kappa shape index (κ1) is 61.3. The molecule has 77 heavy (non-hydrogen) atoms. The molecule has 7 heterocycles. The number of halogens is 4. The van der Waals surface area contributed by atoms with E-state index in [0.29, 0.717) is 68.1 Å². The minimum Gasteiger partial charge on any atom is -0.481 e. The molecule has 5 aromatic heterocycles. The number of fused-ring (bicyclic) bond motifs is 7. The summed E-state index contributed by atoms with van der Waals surface area (Å²) < 4.78 is 62.2. The van der Waals surface area contributed by atoms with Gasteiger partial charge in [0.2, 0.25) is 0 Å². The molecule has 0 spiro atoms. The van der Waals surface area contributed by atoms with Crippen LogP contribution in [0.15, 0.2) is 31.8 Å². The first-order valence-corrected chi connectivity index (χ1v) is 35.2. The molecule has 4 nitrogen and oxygen atoms in total. The topological polar surface area (TPSA) is 44.2 Å². The van der Waals surface area contributed by atoms with Gasteiger partial charge in [-0.15, -0.1) is 45.3 Å². The molecule has 13 heteroatoms. The van der Waals surface area contributed by atoms with E-state index in [-0.39, 0.29) is 11.1 Å². The number of thiophene rings is 4. The van der Waals surface area contributed by atoms with Gasteiger partial charge in [0.05, 0.1) is 49.9 Å². The van der Waals surface area contributed by atoms with E-state index in [2.05, 4.69) is 139 Å². The number of nitrogens with zero attached hydrogens (tertiary/aromatic N) is 2. The summed E-state index contributed by atoms with van der Waals surface area (Å²) in [5.74, 6) is 4.94. The molecule has 424 valence electrons. The van der Waals surface area contributed by atoms with Gasteiger partial charge in [0.15, 0.2) is 11.6 Å². The van der Waals surface area contributed by atoms with Gasteiger partial charge in [-0.2, -0.15) is 8.75 Å². The summed E-state index contributed by atoms with van der Waals surface area (Å²) in [7, 11) is 0. The van der Waals surface area contributed by atoms with Gasteiger partial charge >= 0.3 is 0 Å². The van der Waals surface area contributed by atoms with Gasteiger partial charge in [0, 0.05) is 33.0 Å². The summed E-state index contributed by atoms with van der Waals surface area (Å²) in [5.41, 5.74) is 2.22. The van der Waals surface area contributed by atoms with E-state index in [4.69, 9.17) is 18.2 Å². The predicted molar refractivity (Wildman–Crippen MR) is 339 cm³/mol. The van der Waals surface area contributed by atoms with Crippen molar-refractivity contribution in [1.29, 1.82) is 0 Å². The van der Waals surface area contributed by atoms with Crippen molar-refractivity contribution >= 4 is 100.0 Å². The Bertz CT molecular complexity index is 2640. The van der Waals surface area contributed by atoms with Crippen LogP contribution in [0.3, 0.4) is 0 Å².